The van der Waals surface area contributed by atoms with Crippen LogP contribution in [0, 0.1) is 27.1 Å². The Hall–Kier alpha value is -1.70. The second-order valence-electron chi connectivity index (χ2n) is 4.04. The highest BCUT2D eigenvalue weighted by Gasteiger charge is 2.17. The van der Waals surface area contributed by atoms with Crippen LogP contribution in [0.4, 0.5) is 24.5 Å². The summed E-state index contributed by atoms with van der Waals surface area (Å²) >= 11 is 1.95. The number of halogens is 4. The number of nitrogens with one attached hydrogen (secondary N) is 1. The Morgan fingerprint density at radius 3 is 2.65 bits per heavy atom. The average molecular weight is 388 g/mol. The van der Waals surface area contributed by atoms with Crippen LogP contribution in [0.3, 0.4) is 0 Å². The lowest BCUT2D eigenvalue weighted by atomic mass is 10.2. The van der Waals surface area contributed by atoms with E-state index >= 15 is 0 Å². The summed E-state index contributed by atoms with van der Waals surface area (Å²) in [5.74, 6) is -2.75. The highest BCUT2D eigenvalue weighted by atomic mass is 127. The van der Waals surface area contributed by atoms with Crippen LogP contribution in [0.5, 0.6) is 0 Å². The second kappa shape index (κ2) is 5.01. The maximum Gasteiger partial charge on any atom is 0.183 e. The molecule has 0 unspecified atom stereocenters. The molecule has 0 saturated carbocycles. The average Bonchev–Trinajstić information content (AvgIpc) is 2.87. The SMILES string of the molecule is Fc1cc(I)ccc1Nc1[c]c2occc2c(F)c1F. The van der Waals surface area contributed by atoms with Crippen molar-refractivity contribution in [3.05, 3.63) is 57.6 Å². The van der Waals surface area contributed by atoms with Crippen molar-refractivity contribution in [2.24, 2.45) is 0 Å². The lowest BCUT2D eigenvalue weighted by Gasteiger charge is -2.09. The van der Waals surface area contributed by atoms with Gasteiger partial charge in [-0.3, -0.25) is 0 Å². The van der Waals surface area contributed by atoms with Crippen LogP contribution in [0.25, 0.3) is 11.0 Å². The van der Waals surface area contributed by atoms with Gasteiger partial charge in [-0.2, -0.15) is 0 Å². The monoisotopic (exact) mass is 388 g/mol. The predicted octanol–water partition coefficient (Wildman–Crippen LogP) is 5.00. The molecule has 0 amide bonds. The molecule has 20 heavy (non-hydrogen) atoms. The Morgan fingerprint density at radius 2 is 1.90 bits per heavy atom. The molecule has 0 fully saturated rings. The molecule has 1 N–H and O–H groups in total. The fourth-order valence-corrected chi connectivity index (χ4v) is 2.24. The number of hydrogen-bond donors (Lipinski definition) is 1. The maximum atomic E-state index is 13.9. The van der Waals surface area contributed by atoms with E-state index < -0.39 is 17.5 Å². The first kappa shape index (κ1) is 13.3. The minimum absolute atomic E-state index is 0.00358. The summed E-state index contributed by atoms with van der Waals surface area (Å²) in [5, 5.41) is 2.48. The highest BCUT2D eigenvalue weighted by molar-refractivity contribution is 14.1. The van der Waals surface area contributed by atoms with Crippen molar-refractivity contribution < 1.29 is 17.6 Å². The number of anilines is 2. The minimum Gasteiger partial charge on any atom is -0.463 e. The number of hydrogen-bond acceptors (Lipinski definition) is 2. The van der Waals surface area contributed by atoms with Gasteiger partial charge in [0.1, 0.15) is 11.4 Å². The first-order valence-electron chi connectivity index (χ1n) is 5.56. The Balaban J connectivity index is 2.08. The molecule has 0 aliphatic carbocycles. The van der Waals surface area contributed by atoms with Gasteiger partial charge in [0.15, 0.2) is 11.6 Å². The van der Waals surface area contributed by atoms with Crippen LogP contribution in [0.1, 0.15) is 0 Å². The number of fused-ring (bicyclic) bond motifs is 1. The molecule has 0 atom stereocenters. The third-order valence-electron chi connectivity index (χ3n) is 2.74. The molecule has 1 radical (unpaired) electrons. The normalized spacial score (nSPS) is 11.0. The zero-order valence-electron chi connectivity index (χ0n) is 9.81. The van der Waals surface area contributed by atoms with Crippen molar-refractivity contribution in [3.63, 3.8) is 0 Å². The fourth-order valence-electron chi connectivity index (χ4n) is 1.79. The van der Waals surface area contributed by atoms with Gasteiger partial charge in [-0.15, -0.1) is 0 Å². The summed E-state index contributed by atoms with van der Waals surface area (Å²) in [6.07, 6.45) is 1.24. The topological polar surface area (TPSA) is 25.2 Å². The van der Waals surface area contributed by atoms with E-state index in [0.717, 1.165) is 0 Å². The highest BCUT2D eigenvalue weighted by Crippen LogP contribution is 2.30. The fraction of sp³-hybridized carbons (Fsp3) is 0. The van der Waals surface area contributed by atoms with Crippen molar-refractivity contribution >= 4 is 44.9 Å². The predicted molar refractivity (Wildman–Crippen MR) is 77.4 cm³/mol. The molecule has 3 rings (SSSR count). The van der Waals surface area contributed by atoms with Crippen LogP contribution in [-0.4, -0.2) is 0 Å². The van der Waals surface area contributed by atoms with Crippen molar-refractivity contribution in [2.45, 2.75) is 0 Å². The quantitative estimate of drug-likeness (QED) is 0.626. The molecule has 0 aliphatic rings. The zero-order chi connectivity index (χ0) is 14.3. The molecule has 0 aliphatic heterocycles. The Labute approximate surface area is 125 Å². The molecule has 2 aromatic carbocycles. The Kier molecular flexibility index (Phi) is 3.33. The molecule has 3 aromatic rings. The maximum absolute atomic E-state index is 13.9. The summed E-state index contributed by atoms with van der Waals surface area (Å²) in [7, 11) is 0. The van der Waals surface area contributed by atoms with E-state index in [1.807, 2.05) is 22.6 Å². The lowest BCUT2D eigenvalue weighted by molar-refractivity contribution is 0.518. The van der Waals surface area contributed by atoms with E-state index in [1.165, 1.54) is 24.5 Å². The third kappa shape index (κ3) is 2.24. The first-order chi connectivity index (χ1) is 9.56. The van der Waals surface area contributed by atoms with Gasteiger partial charge < -0.3 is 9.73 Å². The van der Waals surface area contributed by atoms with Gasteiger partial charge in [0.25, 0.3) is 0 Å². The van der Waals surface area contributed by atoms with Crippen molar-refractivity contribution in [2.75, 3.05) is 5.32 Å². The minimum atomic E-state index is -1.13. The number of benzene rings is 2. The zero-order valence-corrected chi connectivity index (χ0v) is 12.0. The molecule has 101 valence electrons. The molecule has 2 nitrogen and oxygen atoms in total. The first-order valence-corrected chi connectivity index (χ1v) is 6.63. The van der Waals surface area contributed by atoms with E-state index in [4.69, 9.17) is 4.42 Å². The van der Waals surface area contributed by atoms with Gasteiger partial charge in [0.2, 0.25) is 0 Å². The molecule has 1 heterocycles. The van der Waals surface area contributed by atoms with Crippen LogP contribution in [0.2, 0.25) is 0 Å². The van der Waals surface area contributed by atoms with Gasteiger partial charge in [-0.1, -0.05) is 0 Å². The van der Waals surface area contributed by atoms with Crippen molar-refractivity contribution in [1.82, 2.24) is 0 Å². The van der Waals surface area contributed by atoms with E-state index in [0.29, 0.717) is 3.57 Å². The van der Waals surface area contributed by atoms with E-state index in [2.05, 4.69) is 11.4 Å². The number of rotatable bonds is 2. The van der Waals surface area contributed by atoms with Crippen LogP contribution < -0.4 is 5.32 Å². The van der Waals surface area contributed by atoms with Crippen LogP contribution in [0.15, 0.2) is 34.9 Å². The largest absolute Gasteiger partial charge is 0.463 e. The molecular weight excluding hydrogens is 382 g/mol. The lowest BCUT2D eigenvalue weighted by Crippen LogP contribution is -1.99. The summed E-state index contributed by atoms with van der Waals surface area (Å²) in [4.78, 5) is 0. The van der Waals surface area contributed by atoms with E-state index in [9.17, 15) is 13.2 Å². The smallest absolute Gasteiger partial charge is 0.183 e. The molecule has 1 aromatic heterocycles. The molecule has 0 saturated heterocycles. The molecule has 6 heteroatoms. The van der Waals surface area contributed by atoms with Crippen molar-refractivity contribution in [3.8, 4) is 0 Å². The van der Waals surface area contributed by atoms with Gasteiger partial charge in [-0.25, -0.2) is 13.2 Å². The summed E-state index contributed by atoms with van der Waals surface area (Å²) in [5.41, 5.74) is -0.201. The van der Waals surface area contributed by atoms with E-state index in [-0.39, 0.29) is 22.3 Å². The Bertz CT molecular complexity index is 800. The standard InChI is InChI=1S/C14H6F3INO/c15-9-5-7(18)1-2-10(9)19-11-6-12-8(3-4-20-12)13(16)14(11)17/h1-5,19H. The summed E-state index contributed by atoms with van der Waals surface area (Å²) in [6, 6.07) is 8.21. The van der Waals surface area contributed by atoms with E-state index in [1.54, 1.807) is 6.07 Å². The van der Waals surface area contributed by atoms with Gasteiger partial charge in [0.05, 0.1) is 29.1 Å². The van der Waals surface area contributed by atoms with Gasteiger partial charge in [0, 0.05) is 3.57 Å². The summed E-state index contributed by atoms with van der Waals surface area (Å²) < 4.78 is 47.0. The number of furan rings is 1. The van der Waals surface area contributed by atoms with Crippen molar-refractivity contribution in [1.29, 1.82) is 0 Å². The Morgan fingerprint density at radius 1 is 1.10 bits per heavy atom. The summed E-state index contributed by atoms with van der Waals surface area (Å²) in [6.45, 7) is 0. The third-order valence-corrected chi connectivity index (χ3v) is 3.41. The molecule has 0 spiro atoms. The molecule has 0 bridgehead atoms. The van der Waals surface area contributed by atoms with Crippen LogP contribution in [-0.2, 0) is 0 Å². The molecular formula is C14H6F3INO. The van der Waals surface area contributed by atoms with Gasteiger partial charge >= 0.3 is 0 Å². The van der Waals surface area contributed by atoms with Crippen LogP contribution >= 0.6 is 22.6 Å². The van der Waals surface area contributed by atoms with Gasteiger partial charge in [-0.05, 0) is 46.9 Å². The second-order valence-corrected chi connectivity index (χ2v) is 5.29.